The molecule has 34 heavy (non-hydrogen) atoms. The molecule has 0 spiro atoms. The molecular formula is C26H34ClN3O3S. The second-order valence-corrected chi connectivity index (χ2v) is 9.46. The van der Waals surface area contributed by atoms with Crippen LogP contribution in [0.4, 0.5) is 11.4 Å². The fourth-order valence-corrected chi connectivity index (χ4v) is 5.17. The predicted molar refractivity (Wildman–Crippen MR) is 145 cm³/mol. The number of carbonyl (C=O) groups excluding carboxylic acids is 1. The lowest BCUT2D eigenvalue weighted by atomic mass is 10.1. The van der Waals surface area contributed by atoms with Crippen molar-refractivity contribution < 1.29 is 14.3 Å². The number of anilines is 2. The molecule has 0 N–H and O–H groups in total. The number of benzene rings is 2. The monoisotopic (exact) mass is 503 g/mol. The molecule has 2 heterocycles. The van der Waals surface area contributed by atoms with Crippen LogP contribution in [0.15, 0.2) is 41.8 Å². The van der Waals surface area contributed by atoms with E-state index in [2.05, 4.69) is 39.4 Å². The van der Waals surface area contributed by atoms with Gasteiger partial charge in [0.2, 0.25) is 5.91 Å². The number of thiophene rings is 1. The number of hydrogen-bond acceptors (Lipinski definition) is 6. The quantitative estimate of drug-likeness (QED) is 0.395. The van der Waals surface area contributed by atoms with Gasteiger partial charge in [-0.15, -0.1) is 23.7 Å². The summed E-state index contributed by atoms with van der Waals surface area (Å²) in [7, 11) is 3.40. The van der Waals surface area contributed by atoms with Crippen LogP contribution in [0.25, 0.3) is 10.1 Å². The third-order valence-electron chi connectivity index (χ3n) is 6.36. The van der Waals surface area contributed by atoms with Gasteiger partial charge in [-0.2, -0.15) is 0 Å². The summed E-state index contributed by atoms with van der Waals surface area (Å²) in [6.45, 7) is 9.42. The minimum absolute atomic E-state index is 0. The minimum atomic E-state index is -0.0165. The molecule has 1 aliphatic heterocycles. The van der Waals surface area contributed by atoms with Gasteiger partial charge in [-0.3, -0.25) is 9.69 Å². The van der Waals surface area contributed by atoms with Gasteiger partial charge in [0.1, 0.15) is 0 Å². The lowest BCUT2D eigenvalue weighted by molar-refractivity contribution is -0.116. The zero-order valence-corrected chi connectivity index (χ0v) is 22.0. The molecule has 0 aliphatic carbocycles. The number of amides is 1. The SMILES string of the molecule is COc1cc(N(C)C(C)=O)cc(C)c1OCCCN1CCN(c2cccc3sccc23)CC1.Cl. The fourth-order valence-electron chi connectivity index (χ4n) is 4.36. The summed E-state index contributed by atoms with van der Waals surface area (Å²) in [6, 6.07) is 12.7. The standard InChI is InChI=1S/C26H33N3O3S.ClH/c1-19-17-21(27(3)20(2)30)18-24(31-4)26(19)32-15-6-10-28-11-13-29(14-12-28)23-7-5-8-25-22(23)9-16-33-25;/h5,7-9,16-18H,6,10-15H2,1-4H3;1H. The first kappa shape index (κ1) is 26.1. The molecule has 0 saturated carbocycles. The molecule has 3 aromatic rings. The molecule has 8 heteroatoms. The molecule has 4 rings (SSSR count). The van der Waals surface area contributed by atoms with Crippen LogP contribution < -0.4 is 19.3 Å². The van der Waals surface area contributed by atoms with Gasteiger partial charge in [-0.1, -0.05) is 6.07 Å². The van der Waals surface area contributed by atoms with Crippen LogP contribution in [0.2, 0.25) is 0 Å². The molecule has 0 atom stereocenters. The Bertz CT molecular complexity index is 1110. The smallest absolute Gasteiger partial charge is 0.223 e. The van der Waals surface area contributed by atoms with E-state index in [4.69, 9.17) is 9.47 Å². The van der Waals surface area contributed by atoms with E-state index in [9.17, 15) is 4.79 Å². The molecular weight excluding hydrogens is 470 g/mol. The Balaban J connectivity index is 0.00000324. The highest BCUT2D eigenvalue weighted by atomic mass is 35.5. The Morgan fingerprint density at radius 3 is 2.62 bits per heavy atom. The molecule has 0 radical (unpaired) electrons. The number of halogens is 1. The van der Waals surface area contributed by atoms with Gasteiger partial charge in [0.15, 0.2) is 11.5 Å². The van der Waals surface area contributed by atoms with Crippen molar-refractivity contribution in [2.24, 2.45) is 0 Å². The first-order valence-electron chi connectivity index (χ1n) is 11.5. The van der Waals surface area contributed by atoms with Crippen molar-refractivity contribution in [1.29, 1.82) is 0 Å². The summed E-state index contributed by atoms with van der Waals surface area (Å²) in [4.78, 5) is 18.3. The zero-order valence-electron chi connectivity index (χ0n) is 20.4. The molecule has 6 nitrogen and oxygen atoms in total. The Kier molecular flexibility index (Phi) is 9.05. The maximum absolute atomic E-state index is 11.7. The van der Waals surface area contributed by atoms with Gasteiger partial charge in [-0.25, -0.2) is 0 Å². The van der Waals surface area contributed by atoms with E-state index < -0.39 is 0 Å². The van der Waals surface area contributed by atoms with E-state index in [1.165, 1.54) is 15.8 Å². The summed E-state index contributed by atoms with van der Waals surface area (Å²) in [6.07, 6.45) is 0.956. The molecule has 2 aromatic carbocycles. The number of fused-ring (bicyclic) bond motifs is 1. The van der Waals surface area contributed by atoms with Gasteiger partial charge < -0.3 is 19.3 Å². The molecule has 1 amide bonds. The Morgan fingerprint density at radius 2 is 1.91 bits per heavy atom. The average molecular weight is 504 g/mol. The topological polar surface area (TPSA) is 45.2 Å². The summed E-state index contributed by atoms with van der Waals surface area (Å²) >= 11 is 1.81. The normalized spacial score (nSPS) is 14.1. The van der Waals surface area contributed by atoms with E-state index >= 15 is 0 Å². The zero-order chi connectivity index (χ0) is 23.4. The van der Waals surface area contributed by atoms with Crippen LogP contribution in [0.1, 0.15) is 18.9 Å². The first-order valence-corrected chi connectivity index (χ1v) is 12.3. The van der Waals surface area contributed by atoms with Gasteiger partial charge in [0, 0.05) is 74.2 Å². The minimum Gasteiger partial charge on any atom is -0.493 e. The van der Waals surface area contributed by atoms with Gasteiger partial charge in [0.05, 0.1) is 13.7 Å². The van der Waals surface area contributed by atoms with Crippen LogP contribution in [-0.4, -0.2) is 64.3 Å². The van der Waals surface area contributed by atoms with Crippen LogP contribution in [0.3, 0.4) is 0 Å². The molecule has 1 saturated heterocycles. The average Bonchev–Trinajstić information content (AvgIpc) is 3.31. The predicted octanol–water partition coefficient (Wildman–Crippen LogP) is 5.21. The third kappa shape index (κ3) is 5.77. The van der Waals surface area contributed by atoms with Crippen LogP contribution >= 0.6 is 23.7 Å². The lowest BCUT2D eigenvalue weighted by Gasteiger charge is -2.36. The number of ether oxygens (including phenoxy) is 2. The maximum atomic E-state index is 11.7. The summed E-state index contributed by atoms with van der Waals surface area (Å²) in [5, 5.41) is 3.55. The highest BCUT2D eigenvalue weighted by molar-refractivity contribution is 7.17. The van der Waals surface area contributed by atoms with Crippen molar-refractivity contribution in [3.8, 4) is 11.5 Å². The van der Waals surface area contributed by atoms with Gasteiger partial charge >= 0.3 is 0 Å². The molecule has 1 fully saturated rings. The summed E-state index contributed by atoms with van der Waals surface area (Å²) in [5.41, 5.74) is 3.13. The largest absolute Gasteiger partial charge is 0.493 e. The Hall–Kier alpha value is -2.48. The first-order chi connectivity index (χ1) is 16.0. The second kappa shape index (κ2) is 11.8. The van der Waals surface area contributed by atoms with E-state index in [1.807, 2.05) is 30.4 Å². The number of carbonyl (C=O) groups is 1. The van der Waals surface area contributed by atoms with E-state index in [0.717, 1.165) is 56.1 Å². The van der Waals surface area contributed by atoms with Crippen molar-refractivity contribution >= 4 is 51.1 Å². The molecule has 1 aliphatic rings. The molecule has 1 aromatic heterocycles. The molecule has 184 valence electrons. The second-order valence-electron chi connectivity index (χ2n) is 8.51. The third-order valence-corrected chi connectivity index (χ3v) is 7.24. The Morgan fingerprint density at radius 1 is 1.15 bits per heavy atom. The van der Waals surface area contributed by atoms with Crippen molar-refractivity contribution in [3.05, 3.63) is 47.3 Å². The fraction of sp³-hybridized carbons (Fsp3) is 0.423. The van der Waals surface area contributed by atoms with Crippen molar-refractivity contribution in [2.75, 3.05) is 63.3 Å². The lowest BCUT2D eigenvalue weighted by Crippen LogP contribution is -2.46. The van der Waals surface area contributed by atoms with Crippen LogP contribution in [0.5, 0.6) is 11.5 Å². The number of rotatable bonds is 8. The van der Waals surface area contributed by atoms with Gasteiger partial charge in [0.25, 0.3) is 0 Å². The summed E-state index contributed by atoms with van der Waals surface area (Å²) in [5.74, 6) is 1.40. The van der Waals surface area contributed by atoms with E-state index in [1.54, 1.807) is 26.0 Å². The number of nitrogens with zero attached hydrogens (tertiary/aromatic N) is 3. The van der Waals surface area contributed by atoms with Gasteiger partial charge in [-0.05, 0) is 48.6 Å². The molecule has 0 bridgehead atoms. The highest BCUT2D eigenvalue weighted by Gasteiger charge is 2.19. The number of piperazine rings is 1. The number of methoxy groups -OCH3 is 1. The van der Waals surface area contributed by atoms with Crippen LogP contribution in [-0.2, 0) is 4.79 Å². The number of aryl methyl sites for hydroxylation is 1. The van der Waals surface area contributed by atoms with E-state index in [0.29, 0.717) is 12.4 Å². The van der Waals surface area contributed by atoms with E-state index in [-0.39, 0.29) is 18.3 Å². The maximum Gasteiger partial charge on any atom is 0.223 e. The van der Waals surface area contributed by atoms with Crippen molar-refractivity contribution in [1.82, 2.24) is 4.90 Å². The number of hydrogen-bond donors (Lipinski definition) is 0. The van der Waals surface area contributed by atoms with Crippen LogP contribution in [0, 0.1) is 6.92 Å². The highest BCUT2D eigenvalue weighted by Crippen LogP contribution is 2.36. The molecule has 0 unspecified atom stereocenters. The van der Waals surface area contributed by atoms with Crippen molar-refractivity contribution in [2.45, 2.75) is 20.3 Å². The Labute approximate surface area is 212 Å². The van der Waals surface area contributed by atoms with Crippen molar-refractivity contribution in [3.63, 3.8) is 0 Å². The summed E-state index contributed by atoms with van der Waals surface area (Å²) < 4.78 is 13.0.